The molecule has 4 nitrogen and oxygen atoms in total. The van der Waals surface area contributed by atoms with Crippen molar-refractivity contribution in [3.05, 3.63) is 114 Å². The molecule has 0 aliphatic rings. The number of hydrogen-bond acceptors (Lipinski definition) is 4. The fraction of sp³-hybridized carbons (Fsp3) is 0.457. The summed E-state index contributed by atoms with van der Waals surface area (Å²) < 4.78 is 408. The zero-order chi connectivity index (χ0) is 60.9. The molecule has 0 heterocycles. The molecule has 0 unspecified atom stereocenters. The minimum atomic E-state index is -6.98. The summed E-state index contributed by atoms with van der Waals surface area (Å²) in [6.07, 6.45) is -83.8. The molecule has 0 bridgehead atoms. The normalized spacial score (nSPS) is 14.2. The van der Waals surface area contributed by atoms with Crippen molar-refractivity contribution in [2.24, 2.45) is 0 Å². The van der Waals surface area contributed by atoms with Gasteiger partial charge in [-0.2, -0.15) is 158 Å². The van der Waals surface area contributed by atoms with Crippen molar-refractivity contribution < 1.29 is 178 Å². The molecule has 0 aliphatic carbocycles. The third-order valence-corrected chi connectivity index (χ3v) is 7.98. The predicted octanol–water partition coefficient (Wildman–Crippen LogP) is 11.4. The van der Waals surface area contributed by atoms with Crippen molar-refractivity contribution in [3.63, 3.8) is 0 Å². The first-order chi connectivity index (χ1) is 32.4. The van der Waals surface area contributed by atoms with Crippen LogP contribution in [0.15, 0.2) is 91.0 Å². The smallest absolute Gasteiger partial charge is 0.830 e. The SMILES string of the molecule is [Al+3].[O-]C(C(F)(F)F)(C(F)(F)F)C(F)(F)F.[O-]C(C(F)(F)F)(C(F)(F)F)C(F)(F)F.[O-]C(C(F)(F)F)(C(F)(F)F)C(F)(F)F.[O-]C(C(F)(F)F)(C(F)(F)F)C(F)(F)F.c1ccc([C+](c2ccccc2)c2ccccc2)cc1. The molecule has 0 atom stereocenters. The molecule has 0 saturated heterocycles. The first kappa shape index (κ1) is 75.6. The molecule has 0 radical (unpaired) electrons. The first-order valence-electron chi connectivity index (χ1n) is 17.1. The summed E-state index contributed by atoms with van der Waals surface area (Å²) in [6.45, 7) is 0. The molecule has 41 heteroatoms. The molecule has 434 valence electrons. The van der Waals surface area contributed by atoms with E-state index in [0.717, 1.165) is 0 Å². The van der Waals surface area contributed by atoms with Crippen LogP contribution in [0.25, 0.3) is 0 Å². The van der Waals surface area contributed by atoms with Crippen molar-refractivity contribution in [2.75, 3.05) is 0 Å². The molecule has 3 aromatic rings. The summed E-state index contributed by atoms with van der Waals surface area (Å²) in [7, 11) is 0. The van der Waals surface area contributed by atoms with E-state index in [1.54, 1.807) is 0 Å². The Hall–Kier alpha value is -4.62. The van der Waals surface area contributed by atoms with Gasteiger partial charge in [-0.05, 0) is 72.8 Å². The van der Waals surface area contributed by atoms with Gasteiger partial charge in [-0.15, -0.1) is 0 Å². The summed E-state index contributed by atoms with van der Waals surface area (Å²) in [5.41, 5.74) is -24.0. The van der Waals surface area contributed by atoms with Crippen LogP contribution in [0.3, 0.4) is 0 Å². The van der Waals surface area contributed by atoms with E-state index in [9.17, 15) is 178 Å². The quantitative estimate of drug-likeness (QED) is 0.113. The third-order valence-electron chi connectivity index (χ3n) is 7.98. The standard InChI is InChI=1S/C19H15.4C4F9O.Al/c1-4-10-16(11-5-1)19(17-12-6-2-7-13-17)18-14-8-3-9-15-18;4*5-2(6,7)1(14,3(8,9)10)4(11,12)13;/h1-15H;;;;;/q+1;4*-1;+3. The molecule has 0 aromatic heterocycles. The van der Waals surface area contributed by atoms with Crippen LogP contribution in [0.4, 0.5) is 158 Å². The Balaban J connectivity index is -0.000000881. The Bertz CT molecular complexity index is 1720. The Labute approximate surface area is 406 Å². The molecular weight excluding hydrogens is 1200 g/mol. The average molecular weight is 1210 g/mol. The van der Waals surface area contributed by atoms with E-state index in [0.29, 0.717) is 0 Å². The van der Waals surface area contributed by atoms with E-state index in [1.165, 1.54) is 22.6 Å². The van der Waals surface area contributed by atoms with Crippen molar-refractivity contribution in [1.29, 1.82) is 0 Å². The number of rotatable bonds is 3. The molecule has 0 aliphatic heterocycles. The summed E-state index contributed by atoms with van der Waals surface area (Å²) >= 11 is 0. The van der Waals surface area contributed by atoms with Crippen LogP contribution < -0.4 is 20.4 Å². The molecular formula is C35H15AlF36O4. The van der Waals surface area contributed by atoms with Crippen molar-refractivity contribution in [3.8, 4) is 0 Å². The van der Waals surface area contributed by atoms with Crippen LogP contribution in [0.1, 0.15) is 16.7 Å². The Morgan fingerprint density at radius 3 is 0.355 bits per heavy atom. The van der Waals surface area contributed by atoms with Gasteiger partial charge in [0.2, 0.25) is 0 Å². The van der Waals surface area contributed by atoms with Crippen LogP contribution in [0, 0.1) is 5.92 Å². The van der Waals surface area contributed by atoms with Gasteiger partial charge in [-0.1, -0.05) is 18.2 Å². The summed E-state index contributed by atoms with van der Waals surface area (Å²) in [6, 6.07) is 31.6. The number of hydrogen-bond donors (Lipinski definition) is 0. The largest absolute Gasteiger partial charge is 3.00 e. The van der Waals surface area contributed by atoms with Crippen molar-refractivity contribution >= 4 is 17.4 Å². The average Bonchev–Trinajstić information content (AvgIpc) is 3.17. The van der Waals surface area contributed by atoms with E-state index in [2.05, 4.69) is 91.0 Å². The van der Waals surface area contributed by atoms with Gasteiger partial charge in [-0.25, -0.2) is 0 Å². The second-order valence-electron chi connectivity index (χ2n) is 13.2. The van der Waals surface area contributed by atoms with E-state index in [-0.39, 0.29) is 17.4 Å². The molecule has 0 saturated carbocycles. The Kier molecular flexibility index (Phi) is 24.1. The summed E-state index contributed by atoms with van der Waals surface area (Å²) in [4.78, 5) is 0. The van der Waals surface area contributed by atoms with Crippen LogP contribution in [0.5, 0.6) is 0 Å². The van der Waals surface area contributed by atoms with Gasteiger partial charge >= 0.3 is 91.5 Å². The van der Waals surface area contributed by atoms with Gasteiger partial charge in [0, 0.05) is 0 Å². The van der Waals surface area contributed by atoms with Gasteiger partial charge in [0.1, 0.15) is 0 Å². The minimum Gasteiger partial charge on any atom is -0.830 e. The van der Waals surface area contributed by atoms with Crippen molar-refractivity contribution in [2.45, 2.75) is 96.5 Å². The molecule has 3 rings (SSSR count). The van der Waals surface area contributed by atoms with E-state index in [4.69, 9.17) is 0 Å². The monoisotopic (exact) mass is 1210 g/mol. The minimum absolute atomic E-state index is 0. The van der Waals surface area contributed by atoms with E-state index < -0.39 is 96.5 Å². The Morgan fingerprint density at radius 2 is 0.289 bits per heavy atom. The van der Waals surface area contributed by atoms with E-state index in [1.807, 2.05) is 0 Å². The van der Waals surface area contributed by atoms with Crippen LogP contribution in [-0.2, 0) is 0 Å². The van der Waals surface area contributed by atoms with Crippen LogP contribution >= 0.6 is 0 Å². The number of halogens is 36. The molecule has 3 aromatic carbocycles. The zero-order valence-corrected chi connectivity index (χ0v) is 35.6. The fourth-order valence-electron chi connectivity index (χ4n) is 4.24. The van der Waals surface area contributed by atoms with Gasteiger partial charge in [0.15, 0.2) is 22.4 Å². The van der Waals surface area contributed by atoms with E-state index >= 15 is 0 Å². The zero-order valence-electron chi connectivity index (χ0n) is 34.5. The molecule has 76 heavy (non-hydrogen) atoms. The molecule has 0 fully saturated rings. The number of benzene rings is 3. The molecule has 0 amide bonds. The third kappa shape index (κ3) is 16.7. The van der Waals surface area contributed by atoms with Gasteiger partial charge < -0.3 is 20.4 Å². The fourth-order valence-corrected chi connectivity index (χ4v) is 4.24. The predicted molar refractivity (Wildman–Crippen MR) is 169 cm³/mol. The van der Waals surface area contributed by atoms with Gasteiger partial charge in [-0.3, -0.25) is 0 Å². The number of alkyl halides is 36. The topological polar surface area (TPSA) is 92.2 Å². The van der Waals surface area contributed by atoms with Gasteiger partial charge in [0.25, 0.3) is 0 Å². The Morgan fingerprint density at radius 1 is 0.197 bits per heavy atom. The summed E-state index contributed by atoms with van der Waals surface area (Å²) in [5, 5.41) is 39.2. The van der Waals surface area contributed by atoms with Crippen LogP contribution in [0.2, 0.25) is 0 Å². The van der Waals surface area contributed by atoms with Crippen molar-refractivity contribution in [1.82, 2.24) is 0 Å². The second-order valence-corrected chi connectivity index (χ2v) is 13.2. The second kappa shape index (κ2) is 24.2. The maximum atomic E-state index is 11.3. The van der Waals surface area contributed by atoms with Gasteiger partial charge in [0.05, 0.1) is 22.6 Å². The van der Waals surface area contributed by atoms with Crippen LogP contribution in [-0.4, -0.2) is 114 Å². The molecule has 0 N–H and O–H groups in total. The maximum Gasteiger partial charge on any atom is 3.00 e. The maximum absolute atomic E-state index is 11.3. The first-order valence-corrected chi connectivity index (χ1v) is 17.1. The molecule has 0 spiro atoms. The summed E-state index contributed by atoms with van der Waals surface area (Å²) in [5.74, 6) is 1.28.